The number of nitrogens with zero attached hydrogens (tertiary/aromatic N) is 2. The molecule has 2 fully saturated rings. The molecule has 3 atom stereocenters. The van der Waals surface area contributed by atoms with Crippen LogP contribution in [0.3, 0.4) is 0 Å². The lowest BCUT2D eigenvalue weighted by Gasteiger charge is -2.18. The summed E-state index contributed by atoms with van der Waals surface area (Å²) >= 11 is 3.46. The first kappa shape index (κ1) is 11.4. The monoisotopic (exact) mass is 297 g/mol. The Hall–Kier alpha value is -0.680. The van der Waals surface area contributed by atoms with E-state index in [0.29, 0.717) is 18.1 Å². The van der Waals surface area contributed by atoms with Crippen LogP contribution < -0.4 is 5.32 Å². The van der Waals surface area contributed by atoms with Crippen LogP contribution in [0.4, 0.5) is 5.82 Å². The minimum absolute atomic E-state index is 0.343. The van der Waals surface area contributed by atoms with Gasteiger partial charge in [-0.05, 0) is 42.1 Å². The second-order valence-electron chi connectivity index (χ2n) is 4.67. The number of rotatable bonds is 3. The van der Waals surface area contributed by atoms with Crippen molar-refractivity contribution >= 4 is 21.7 Å². The van der Waals surface area contributed by atoms with E-state index in [0.717, 1.165) is 35.5 Å². The Kier molecular flexibility index (Phi) is 3.04. The summed E-state index contributed by atoms with van der Waals surface area (Å²) in [5.74, 6) is 2.20. The van der Waals surface area contributed by atoms with Crippen LogP contribution in [0, 0.1) is 0 Å². The maximum absolute atomic E-state index is 5.86. The summed E-state index contributed by atoms with van der Waals surface area (Å²) < 4.78 is 6.78. The highest BCUT2D eigenvalue weighted by atomic mass is 79.9. The number of hydrogen-bond acceptors (Lipinski definition) is 4. The third kappa shape index (κ3) is 2.06. The molecule has 1 aromatic rings. The first-order valence-electron chi connectivity index (χ1n) is 6.19. The summed E-state index contributed by atoms with van der Waals surface area (Å²) in [5, 5.41) is 3.24. The molecule has 5 heteroatoms. The Bertz CT molecular complexity index is 426. The molecule has 3 heterocycles. The van der Waals surface area contributed by atoms with Gasteiger partial charge in [-0.2, -0.15) is 0 Å². The molecule has 0 aliphatic carbocycles. The van der Waals surface area contributed by atoms with Gasteiger partial charge in [0, 0.05) is 18.7 Å². The molecule has 92 valence electrons. The molecule has 1 aromatic heterocycles. The molecule has 0 saturated carbocycles. The van der Waals surface area contributed by atoms with Crippen molar-refractivity contribution in [3.63, 3.8) is 0 Å². The van der Waals surface area contributed by atoms with Gasteiger partial charge in [-0.1, -0.05) is 0 Å². The minimum Gasteiger partial charge on any atom is -0.374 e. The van der Waals surface area contributed by atoms with Crippen molar-refractivity contribution in [2.24, 2.45) is 0 Å². The highest BCUT2D eigenvalue weighted by Gasteiger charge is 2.42. The van der Waals surface area contributed by atoms with Gasteiger partial charge < -0.3 is 10.1 Å². The predicted octanol–water partition coefficient (Wildman–Crippen LogP) is 2.71. The minimum atomic E-state index is 0.343. The summed E-state index contributed by atoms with van der Waals surface area (Å²) in [5.41, 5.74) is 0. The summed E-state index contributed by atoms with van der Waals surface area (Å²) in [6.45, 7) is 2.93. The van der Waals surface area contributed by atoms with Crippen molar-refractivity contribution in [3.05, 3.63) is 16.5 Å². The number of nitrogens with one attached hydrogen (secondary N) is 1. The normalized spacial score (nSPS) is 30.8. The lowest BCUT2D eigenvalue weighted by atomic mass is 9.88. The molecule has 4 nitrogen and oxygen atoms in total. The Morgan fingerprint density at radius 2 is 2.41 bits per heavy atom. The van der Waals surface area contributed by atoms with E-state index in [1.807, 2.05) is 6.20 Å². The van der Waals surface area contributed by atoms with Crippen molar-refractivity contribution in [2.75, 3.05) is 11.9 Å². The van der Waals surface area contributed by atoms with Crippen LogP contribution in [0.5, 0.6) is 0 Å². The number of aromatic nitrogens is 2. The third-order valence-electron chi connectivity index (χ3n) is 3.54. The smallest absolute Gasteiger partial charge is 0.144 e. The second-order valence-corrected chi connectivity index (χ2v) is 5.53. The molecule has 2 aliphatic heterocycles. The summed E-state index contributed by atoms with van der Waals surface area (Å²) in [6, 6.07) is 0. The lowest BCUT2D eigenvalue weighted by Crippen LogP contribution is -2.18. The van der Waals surface area contributed by atoms with E-state index >= 15 is 0 Å². The molecule has 2 bridgehead atoms. The largest absolute Gasteiger partial charge is 0.374 e. The lowest BCUT2D eigenvalue weighted by molar-refractivity contribution is 0.0999. The molecule has 0 spiro atoms. The summed E-state index contributed by atoms with van der Waals surface area (Å²) in [7, 11) is 0. The van der Waals surface area contributed by atoms with Crippen LogP contribution in [0.25, 0.3) is 0 Å². The average Bonchev–Trinajstić information content (AvgIpc) is 2.94. The number of hydrogen-bond donors (Lipinski definition) is 1. The van der Waals surface area contributed by atoms with Crippen LogP contribution in [0.2, 0.25) is 0 Å². The Morgan fingerprint density at radius 1 is 1.53 bits per heavy atom. The number of anilines is 1. The fourth-order valence-corrected chi connectivity index (χ4v) is 3.09. The quantitative estimate of drug-likeness (QED) is 0.932. The van der Waals surface area contributed by atoms with E-state index in [2.05, 4.69) is 38.1 Å². The van der Waals surface area contributed by atoms with Gasteiger partial charge in [0.15, 0.2) is 0 Å². The van der Waals surface area contributed by atoms with Gasteiger partial charge in [-0.25, -0.2) is 9.97 Å². The predicted molar refractivity (Wildman–Crippen MR) is 69.1 cm³/mol. The number of ether oxygens (including phenoxy) is 1. The second kappa shape index (κ2) is 4.53. The van der Waals surface area contributed by atoms with Gasteiger partial charge in [0.05, 0.1) is 16.7 Å². The van der Waals surface area contributed by atoms with Gasteiger partial charge in [-0.3, -0.25) is 0 Å². The zero-order valence-electron chi connectivity index (χ0n) is 9.82. The topological polar surface area (TPSA) is 47.0 Å². The first-order valence-corrected chi connectivity index (χ1v) is 6.99. The summed E-state index contributed by atoms with van der Waals surface area (Å²) in [4.78, 5) is 9.06. The first-order chi connectivity index (χ1) is 8.28. The van der Waals surface area contributed by atoms with Crippen LogP contribution in [0.15, 0.2) is 10.7 Å². The summed E-state index contributed by atoms with van der Waals surface area (Å²) in [6.07, 6.45) is 6.07. The molecule has 3 rings (SSSR count). The SMILES string of the molecule is CCNc1nc(C2CC3CCC2O3)ncc1Br. The van der Waals surface area contributed by atoms with E-state index in [-0.39, 0.29) is 0 Å². The van der Waals surface area contributed by atoms with E-state index in [1.165, 1.54) is 6.42 Å². The molecule has 3 unspecified atom stereocenters. The maximum Gasteiger partial charge on any atom is 0.144 e. The molecular formula is C12H16BrN3O. The Morgan fingerprint density at radius 3 is 3.06 bits per heavy atom. The number of fused-ring (bicyclic) bond motifs is 2. The van der Waals surface area contributed by atoms with Gasteiger partial charge in [0.25, 0.3) is 0 Å². The maximum atomic E-state index is 5.86. The van der Waals surface area contributed by atoms with E-state index in [1.54, 1.807) is 0 Å². The molecule has 1 N–H and O–H groups in total. The van der Waals surface area contributed by atoms with Gasteiger partial charge >= 0.3 is 0 Å². The van der Waals surface area contributed by atoms with E-state index in [9.17, 15) is 0 Å². The fraction of sp³-hybridized carbons (Fsp3) is 0.667. The van der Waals surface area contributed by atoms with Crippen LogP contribution in [-0.4, -0.2) is 28.7 Å². The van der Waals surface area contributed by atoms with Crippen molar-refractivity contribution in [2.45, 2.75) is 44.3 Å². The zero-order chi connectivity index (χ0) is 11.8. The van der Waals surface area contributed by atoms with E-state index in [4.69, 9.17) is 4.74 Å². The van der Waals surface area contributed by atoms with E-state index < -0.39 is 0 Å². The van der Waals surface area contributed by atoms with Gasteiger partial charge in [-0.15, -0.1) is 0 Å². The molecule has 2 saturated heterocycles. The van der Waals surface area contributed by atoms with Crippen molar-refractivity contribution in [1.82, 2.24) is 9.97 Å². The molecule has 2 aliphatic rings. The Balaban J connectivity index is 1.85. The third-order valence-corrected chi connectivity index (χ3v) is 4.12. The Labute approximate surface area is 109 Å². The highest BCUT2D eigenvalue weighted by Crippen LogP contribution is 2.43. The fourth-order valence-electron chi connectivity index (χ4n) is 2.76. The standard InChI is InChI=1S/C12H16BrN3O/c1-2-14-12-9(13)6-15-11(16-12)8-5-7-3-4-10(8)17-7/h6-8,10H,2-5H2,1H3,(H,14,15,16). The molecule has 0 amide bonds. The van der Waals surface area contributed by atoms with Crippen LogP contribution in [-0.2, 0) is 4.74 Å². The van der Waals surface area contributed by atoms with Gasteiger partial charge in [0.1, 0.15) is 11.6 Å². The van der Waals surface area contributed by atoms with Gasteiger partial charge in [0.2, 0.25) is 0 Å². The van der Waals surface area contributed by atoms with Crippen molar-refractivity contribution < 1.29 is 4.74 Å². The zero-order valence-corrected chi connectivity index (χ0v) is 11.4. The molecular weight excluding hydrogens is 282 g/mol. The average molecular weight is 298 g/mol. The van der Waals surface area contributed by atoms with Crippen molar-refractivity contribution in [1.29, 1.82) is 0 Å². The van der Waals surface area contributed by atoms with Crippen LogP contribution in [0.1, 0.15) is 37.9 Å². The molecule has 0 aromatic carbocycles. The van der Waals surface area contributed by atoms with Crippen LogP contribution >= 0.6 is 15.9 Å². The highest BCUT2D eigenvalue weighted by molar-refractivity contribution is 9.10. The number of halogens is 1. The molecule has 17 heavy (non-hydrogen) atoms. The molecule has 0 radical (unpaired) electrons. The van der Waals surface area contributed by atoms with Crippen molar-refractivity contribution in [3.8, 4) is 0 Å².